The fourth-order valence-electron chi connectivity index (χ4n) is 0.680. The maximum absolute atomic E-state index is 8.66. The van der Waals surface area contributed by atoms with Crippen molar-refractivity contribution in [3.63, 3.8) is 0 Å². The SMILES string of the molecule is CO.C[CH]=[Zr+2].C[Si](C)(C)O.Cl.Cl.[C-]1=CC=CC1.[C-]1=CC=CC1. The zero-order chi connectivity index (χ0) is 16.3. The molecule has 2 nitrogen and oxygen atoms in total. The largest absolute Gasteiger partial charge is 0.433 e. The molecule has 2 rings (SSSR count). The topological polar surface area (TPSA) is 40.5 Å². The molecule has 0 amide bonds. The van der Waals surface area contributed by atoms with E-state index in [0.717, 1.165) is 20.0 Å². The quantitative estimate of drug-likeness (QED) is 0.434. The van der Waals surface area contributed by atoms with Crippen molar-refractivity contribution in [2.24, 2.45) is 0 Å². The summed E-state index contributed by atoms with van der Waals surface area (Å²) < 4.78 is 2.09. The maximum atomic E-state index is 8.66. The molecule has 0 saturated heterocycles. The van der Waals surface area contributed by atoms with Crippen LogP contribution in [0.4, 0.5) is 0 Å². The maximum Gasteiger partial charge on any atom is 0.179 e. The summed E-state index contributed by atoms with van der Waals surface area (Å²) in [7, 11) is -0.611. The third-order valence-electron chi connectivity index (χ3n) is 1.17. The molecule has 0 heterocycles. The normalized spacial score (nSPS) is 11.7. The Labute approximate surface area is 165 Å². The summed E-state index contributed by atoms with van der Waals surface area (Å²) >= 11 is 1.51. The minimum atomic E-state index is -1.61. The van der Waals surface area contributed by atoms with Crippen LogP contribution in [0.25, 0.3) is 0 Å². The van der Waals surface area contributed by atoms with Crippen LogP contribution in [-0.2, 0) is 24.2 Å². The number of hydrogen-bond donors (Lipinski definition) is 2. The first-order chi connectivity index (χ1) is 9.41. The first-order valence-corrected chi connectivity index (χ1v) is 11.3. The van der Waals surface area contributed by atoms with E-state index in [-0.39, 0.29) is 24.8 Å². The van der Waals surface area contributed by atoms with E-state index < -0.39 is 8.32 Å². The van der Waals surface area contributed by atoms with Gasteiger partial charge in [-0.2, -0.15) is 12.2 Å². The fraction of sp³-hybridized carbons (Fsp3) is 0.438. The molecule has 0 aliphatic heterocycles. The molecule has 0 fully saturated rings. The molecule has 0 spiro atoms. The van der Waals surface area contributed by atoms with Gasteiger partial charge < -0.3 is 9.90 Å². The van der Waals surface area contributed by atoms with Gasteiger partial charge in [-0.15, -0.1) is 37.7 Å². The molecule has 0 aromatic heterocycles. The van der Waals surface area contributed by atoms with Crippen molar-refractivity contribution in [2.45, 2.75) is 39.4 Å². The Hall–Kier alpha value is 0.430. The average molecular weight is 445 g/mol. The zero-order valence-corrected chi connectivity index (χ0v) is 19.3. The van der Waals surface area contributed by atoms with Gasteiger partial charge in [-0.3, -0.25) is 12.2 Å². The van der Waals surface area contributed by atoms with Crippen molar-refractivity contribution < 1.29 is 34.1 Å². The first kappa shape index (κ1) is 33.9. The van der Waals surface area contributed by atoms with E-state index in [0.29, 0.717) is 0 Å². The Morgan fingerprint density at radius 1 is 0.955 bits per heavy atom. The number of aliphatic hydroxyl groups is 1. The van der Waals surface area contributed by atoms with Crippen LogP contribution in [0.3, 0.4) is 0 Å². The summed E-state index contributed by atoms with van der Waals surface area (Å²) in [4.78, 5) is 8.66. The van der Waals surface area contributed by atoms with Gasteiger partial charge in [0.25, 0.3) is 0 Å². The molecule has 2 aliphatic rings. The van der Waals surface area contributed by atoms with Crippen LogP contribution in [0.2, 0.25) is 19.6 Å². The van der Waals surface area contributed by atoms with Crippen LogP contribution >= 0.6 is 24.8 Å². The molecular formula is C16H30Cl2O2SiZr. The third kappa shape index (κ3) is 70.9. The van der Waals surface area contributed by atoms with Gasteiger partial charge in [0.1, 0.15) is 0 Å². The van der Waals surface area contributed by atoms with E-state index >= 15 is 0 Å². The molecule has 0 aromatic rings. The minimum absolute atomic E-state index is 0. The van der Waals surface area contributed by atoms with E-state index in [1.165, 1.54) is 24.2 Å². The van der Waals surface area contributed by atoms with Crippen molar-refractivity contribution >= 4 is 36.8 Å². The number of allylic oxidation sites excluding steroid dienone is 8. The second-order valence-electron chi connectivity index (χ2n) is 4.47. The monoisotopic (exact) mass is 442 g/mol. The van der Waals surface area contributed by atoms with Gasteiger partial charge in [0.15, 0.2) is 8.32 Å². The van der Waals surface area contributed by atoms with Crippen LogP contribution < -0.4 is 0 Å². The summed E-state index contributed by atoms with van der Waals surface area (Å²) in [6.45, 7) is 7.69. The van der Waals surface area contributed by atoms with Gasteiger partial charge in [-0.05, 0) is 19.6 Å². The Morgan fingerprint density at radius 3 is 1.23 bits per heavy atom. The summed E-state index contributed by atoms with van der Waals surface area (Å²) in [6, 6.07) is 0. The Morgan fingerprint density at radius 2 is 1.18 bits per heavy atom. The van der Waals surface area contributed by atoms with Crippen molar-refractivity contribution in [1.82, 2.24) is 0 Å². The van der Waals surface area contributed by atoms with Crippen molar-refractivity contribution in [3.05, 3.63) is 48.6 Å². The first-order valence-electron chi connectivity index (χ1n) is 6.47. The molecule has 0 aromatic carbocycles. The van der Waals surface area contributed by atoms with Crippen LogP contribution in [0.1, 0.15) is 19.8 Å². The molecule has 128 valence electrons. The van der Waals surface area contributed by atoms with E-state index in [2.05, 4.69) is 28.0 Å². The number of rotatable bonds is 0. The minimum Gasteiger partial charge on any atom is -0.433 e. The van der Waals surface area contributed by atoms with Crippen molar-refractivity contribution in [2.75, 3.05) is 7.11 Å². The summed E-state index contributed by atoms with van der Waals surface area (Å²) in [5.74, 6) is 0. The van der Waals surface area contributed by atoms with E-state index in [1.54, 1.807) is 0 Å². The Balaban J connectivity index is -0.0000000555. The second kappa shape index (κ2) is 29.4. The van der Waals surface area contributed by atoms with E-state index in [1.807, 2.05) is 50.9 Å². The molecule has 0 radical (unpaired) electrons. The van der Waals surface area contributed by atoms with Gasteiger partial charge in [0.05, 0.1) is 0 Å². The Bertz CT molecular complexity index is 262. The van der Waals surface area contributed by atoms with Gasteiger partial charge in [-0.25, -0.2) is 24.3 Å². The van der Waals surface area contributed by atoms with E-state index in [9.17, 15) is 0 Å². The van der Waals surface area contributed by atoms with Crippen LogP contribution in [0.15, 0.2) is 36.5 Å². The van der Waals surface area contributed by atoms with Gasteiger partial charge in [0.2, 0.25) is 0 Å². The molecule has 0 unspecified atom stereocenters. The Kier molecular flexibility index (Phi) is 45.4. The van der Waals surface area contributed by atoms with Crippen molar-refractivity contribution in [1.29, 1.82) is 0 Å². The number of aliphatic hydroxyl groups excluding tert-OH is 1. The van der Waals surface area contributed by atoms with Crippen molar-refractivity contribution in [3.8, 4) is 0 Å². The van der Waals surface area contributed by atoms with Crippen LogP contribution in [0, 0.1) is 12.2 Å². The predicted octanol–water partition coefficient (Wildman–Crippen LogP) is 4.23. The summed E-state index contributed by atoms with van der Waals surface area (Å²) in [5, 5.41) is 7.00. The number of halogens is 2. The zero-order valence-electron chi connectivity index (χ0n) is 14.2. The smallest absolute Gasteiger partial charge is 0.179 e. The molecular weight excluding hydrogens is 414 g/mol. The second-order valence-corrected chi connectivity index (χ2v) is 10.2. The molecule has 6 heteroatoms. The van der Waals surface area contributed by atoms with Gasteiger partial charge in [-0.1, -0.05) is 0 Å². The van der Waals surface area contributed by atoms with E-state index in [4.69, 9.17) is 9.90 Å². The average Bonchev–Trinajstić information content (AvgIpc) is 3.09. The summed E-state index contributed by atoms with van der Waals surface area (Å²) in [5.41, 5.74) is 0. The molecule has 0 atom stereocenters. The fourth-order valence-corrected chi connectivity index (χ4v) is 0.680. The molecule has 2 N–H and O–H groups in total. The summed E-state index contributed by atoms with van der Waals surface area (Å²) in [6.07, 6.45) is 20.0. The van der Waals surface area contributed by atoms with Crippen LogP contribution in [-0.4, -0.2) is 29.0 Å². The number of hydrogen-bond acceptors (Lipinski definition) is 2. The molecule has 22 heavy (non-hydrogen) atoms. The molecule has 0 saturated carbocycles. The third-order valence-corrected chi connectivity index (χ3v) is 1.17. The van der Waals surface area contributed by atoms with Gasteiger partial charge >= 0.3 is 34.9 Å². The molecule has 2 aliphatic carbocycles. The predicted molar refractivity (Wildman–Crippen MR) is 103 cm³/mol. The standard InChI is InChI=1S/2C5H5.C3H10OSi.C2H4.CH4O.2ClH.Zr/c2*1-2-4-5-3-1;1-5(2,3)4;2*1-2;;;/h2*1-3H,4H2;4H,1-3H3;1H,2H3;2H,1H3;2*1H;/q2*-1;;;;;;+2. The molecule has 0 bridgehead atoms. The van der Waals surface area contributed by atoms with Crippen LogP contribution in [0.5, 0.6) is 0 Å². The van der Waals surface area contributed by atoms with Gasteiger partial charge in [0, 0.05) is 7.11 Å².